The molecule has 3 aromatic rings. The fourth-order valence-electron chi connectivity index (χ4n) is 2.17. The Balaban J connectivity index is 1.44. The van der Waals surface area contributed by atoms with Crippen molar-refractivity contribution in [3.05, 3.63) is 65.4 Å². The van der Waals surface area contributed by atoms with Gasteiger partial charge in [-0.05, 0) is 29.8 Å². The van der Waals surface area contributed by atoms with E-state index in [1.54, 1.807) is 24.5 Å². The average Bonchev–Trinajstić information content (AvgIpc) is 2.61. The molecular weight excluding hydrogens is 328 g/mol. The van der Waals surface area contributed by atoms with Crippen LogP contribution < -0.4 is 4.74 Å². The van der Waals surface area contributed by atoms with Gasteiger partial charge in [0.15, 0.2) is 0 Å². The second kappa shape index (κ2) is 8.06. The Morgan fingerprint density at radius 1 is 0.958 bits per heavy atom. The largest absolute Gasteiger partial charge is 0.491 e. The zero-order chi connectivity index (χ0) is 16.8. The summed E-state index contributed by atoms with van der Waals surface area (Å²) in [7, 11) is 0. The summed E-state index contributed by atoms with van der Waals surface area (Å²) in [5, 5.41) is 10.6. The zero-order valence-electron chi connectivity index (χ0n) is 12.9. The molecule has 3 rings (SSSR count). The predicted molar refractivity (Wildman–Crippen MR) is 92.1 cm³/mol. The summed E-state index contributed by atoms with van der Waals surface area (Å²) in [6, 6.07) is 12.8. The highest BCUT2D eigenvalue weighted by Crippen LogP contribution is 2.17. The maximum absolute atomic E-state index is 9.95. The van der Waals surface area contributed by atoms with Crippen LogP contribution in [0.3, 0.4) is 0 Å². The third-order valence-corrected chi connectivity index (χ3v) is 3.63. The Bertz CT molecular complexity index is 796. The molecule has 6 heteroatoms. The third-order valence-electron chi connectivity index (χ3n) is 3.38. The van der Waals surface area contributed by atoms with E-state index in [0.717, 1.165) is 16.6 Å². The van der Waals surface area contributed by atoms with Gasteiger partial charge in [-0.15, -0.1) is 0 Å². The molecule has 0 aliphatic heterocycles. The van der Waals surface area contributed by atoms with Gasteiger partial charge in [0.05, 0.1) is 24.2 Å². The van der Waals surface area contributed by atoms with Crippen LogP contribution in [0, 0.1) is 0 Å². The quantitative estimate of drug-likeness (QED) is 0.712. The number of hydrogen-bond donors (Lipinski definition) is 1. The van der Waals surface area contributed by atoms with E-state index in [4.69, 9.17) is 21.1 Å². The highest BCUT2D eigenvalue weighted by atomic mass is 35.5. The van der Waals surface area contributed by atoms with Crippen LogP contribution in [-0.2, 0) is 11.3 Å². The summed E-state index contributed by atoms with van der Waals surface area (Å²) in [6.45, 7) is 0.752. The van der Waals surface area contributed by atoms with E-state index in [-0.39, 0.29) is 13.2 Å². The summed E-state index contributed by atoms with van der Waals surface area (Å²) in [4.78, 5) is 8.42. The number of nitrogens with zero attached hydrogens (tertiary/aromatic N) is 2. The monoisotopic (exact) mass is 344 g/mol. The fourth-order valence-corrected chi connectivity index (χ4v) is 2.29. The molecule has 1 unspecified atom stereocenters. The van der Waals surface area contributed by atoms with Gasteiger partial charge < -0.3 is 14.6 Å². The maximum Gasteiger partial charge on any atom is 0.121 e. The first kappa shape index (κ1) is 16.6. The van der Waals surface area contributed by atoms with Crippen molar-refractivity contribution in [2.45, 2.75) is 12.7 Å². The van der Waals surface area contributed by atoms with Crippen molar-refractivity contribution in [1.29, 1.82) is 0 Å². The lowest BCUT2D eigenvalue weighted by molar-refractivity contribution is 0.00551. The van der Waals surface area contributed by atoms with Gasteiger partial charge in [0, 0.05) is 23.5 Å². The predicted octanol–water partition coefficient (Wildman–Crippen LogP) is 3.24. The summed E-state index contributed by atoms with van der Waals surface area (Å²) in [5.74, 6) is 0.639. The lowest BCUT2D eigenvalue weighted by Crippen LogP contribution is -2.23. The SMILES string of the molecule is OC(COCc1ccc(Cl)cc1)COc1ccc2nccnc2c1. The van der Waals surface area contributed by atoms with E-state index in [2.05, 4.69) is 9.97 Å². The first-order chi connectivity index (χ1) is 11.7. The standard InChI is InChI=1S/C18H17ClN2O3/c19-14-3-1-13(2-4-14)10-23-11-15(22)12-24-16-5-6-17-18(9-16)21-8-7-20-17/h1-9,15,22H,10-12H2. The maximum atomic E-state index is 9.95. The van der Waals surface area contributed by atoms with Crippen LogP contribution in [0.2, 0.25) is 5.02 Å². The fraction of sp³-hybridized carbons (Fsp3) is 0.222. The number of ether oxygens (including phenoxy) is 2. The highest BCUT2D eigenvalue weighted by molar-refractivity contribution is 6.30. The van der Waals surface area contributed by atoms with Gasteiger partial charge in [-0.25, -0.2) is 0 Å². The van der Waals surface area contributed by atoms with Crippen molar-refractivity contribution >= 4 is 22.6 Å². The Labute approximate surface area is 144 Å². The number of rotatable bonds is 7. The van der Waals surface area contributed by atoms with Crippen LogP contribution >= 0.6 is 11.6 Å². The number of aliphatic hydroxyl groups is 1. The number of benzene rings is 2. The molecule has 0 saturated carbocycles. The topological polar surface area (TPSA) is 64.5 Å². The molecule has 0 spiro atoms. The van der Waals surface area contributed by atoms with Crippen LogP contribution in [0.1, 0.15) is 5.56 Å². The number of halogens is 1. The van der Waals surface area contributed by atoms with Crippen LogP contribution in [0.5, 0.6) is 5.75 Å². The molecule has 0 aliphatic rings. The van der Waals surface area contributed by atoms with Crippen molar-refractivity contribution in [2.75, 3.05) is 13.2 Å². The first-order valence-electron chi connectivity index (χ1n) is 7.54. The summed E-state index contributed by atoms with van der Waals surface area (Å²) < 4.78 is 11.1. The summed E-state index contributed by atoms with van der Waals surface area (Å²) >= 11 is 5.83. The number of fused-ring (bicyclic) bond motifs is 1. The van der Waals surface area contributed by atoms with Crippen LogP contribution in [-0.4, -0.2) is 34.4 Å². The molecule has 0 amide bonds. The molecule has 124 valence electrons. The van der Waals surface area contributed by atoms with Gasteiger partial charge in [0.1, 0.15) is 18.5 Å². The molecule has 0 aliphatic carbocycles. The van der Waals surface area contributed by atoms with E-state index in [1.807, 2.05) is 30.3 Å². The molecule has 0 radical (unpaired) electrons. The second-order valence-electron chi connectivity index (χ2n) is 5.31. The average molecular weight is 345 g/mol. The number of aliphatic hydroxyl groups excluding tert-OH is 1. The molecule has 2 aromatic carbocycles. The molecule has 1 aromatic heterocycles. The molecular formula is C18H17ClN2O3. The summed E-state index contributed by atoms with van der Waals surface area (Å²) in [6.07, 6.45) is 2.56. The molecule has 1 atom stereocenters. The minimum Gasteiger partial charge on any atom is -0.491 e. The van der Waals surface area contributed by atoms with Crippen LogP contribution in [0.25, 0.3) is 11.0 Å². The van der Waals surface area contributed by atoms with Crippen LogP contribution in [0.15, 0.2) is 54.9 Å². The number of hydrogen-bond acceptors (Lipinski definition) is 5. The minimum atomic E-state index is -0.713. The third kappa shape index (κ3) is 4.64. The molecule has 1 heterocycles. The molecule has 1 N–H and O–H groups in total. The Morgan fingerprint density at radius 3 is 2.50 bits per heavy atom. The van der Waals surface area contributed by atoms with E-state index in [9.17, 15) is 5.11 Å². The van der Waals surface area contributed by atoms with Gasteiger partial charge in [-0.2, -0.15) is 0 Å². The molecule has 5 nitrogen and oxygen atoms in total. The smallest absolute Gasteiger partial charge is 0.121 e. The van der Waals surface area contributed by atoms with E-state index in [1.165, 1.54) is 0 Å². The van der Waals surface area contributed by atoms with Gasteiger partial charge in [-0.3, -0.25) is 9.97 Å². The van der Waals surface area contributed by atoms with Crippen LogP contribution in [0.4, 0.5) is 0 Å². The van der Waals surface area contributed by atoms with Gasteiger partial charge in [0.2, 0.25) is 0 Å². The number of aromatic nitrogens is 2. The molecule has 0 fully saturated rings. The van der Waals surface area contributed by atoms with Gasteiger partial charge in [0.25, 0.3) is 0 Å². The van der Waals surface area contributed by atoms with Gasteiger partial charge in [-0.1, -0.05) is 23.7 Å². The van der Waals surface area contributed by atoms with Crippen molar-refractivity contribution in [1.82, 2.24) is 9.97 Å². The molecule has 24 heavy (non-hydrogen) atoms. The van der Waals surface area contributed by atoms with Crippen molar-refractivity contribution in [3.8, 4) is 5.75 Å². The van der Waals surface area contributed by atoms with Crippen molar-refractivity contribution in [2.24, 2.45) is 0 Å². The molecule has 0 saturated heterocycles. The zero-order valence-corrected chi connectivity index (χ0v) is 13.7. The normalized spacial score (nSPS) is 12.2. The van der Waals surface area contributed by atoms with E-state index < -0.39 is 6.10 Å². The Hall–Kier alpha value is -2.21. The van der Waals surface area contributed by atoms with Gasteiger partial charge >= 0.3 is 0 Å². The lowest BCUT2D eigenvalue weighted by atomic mass is 10.2. The highest BCUT2D eigenvalue weighted by Gasteiger charge is 2.07. The second-order valence-corrected chi connectivity index (χ2v) is 5.75. The van der Waals surface area contributed by atoms with Crippen molar-refractivity contribution in [3.63, 3.8) is 0 Å². The minimum absolute atomic E-state index is 0.145. The molecule has 0 bridgehead atoms. The van der Waals surface area contributed by atoms with E-state index in [0.29, 0.717) is 17.4 Å². The van der Waals surface area contributed by atoms with E-state index >= 15 is 0 Å². The summed E-state index contributed by atoms with van der Waals surface area (Å²) in [5.41, 5.74) is 2.56. The lowest BCUT2D eigenvalue weighted by Gasteiger charge is -2.13. The Morgan fingerprint density at radius 2 is 1.71 bits per heavy atom. The Kier molecular flexibility index (Phi) is 5.59. The van der Waals surface area contributed by atoms with Crippen molar-refractivity contribution < 1.29 is 14.6 Å². The first-order valence-corrected chi connectivity index (χ1v) is 7.92.